The lowest BCUT2D eigenvalue weighted by Crippen LogP contribution is -2.58. The number of rotatable bonds is 2. The van der Waals surface area contributed by atoms with Crippen molar-refractivity contribution in [1.29, 1.82) is 0 Å². The molecule has 0 radical (unpaired) electrons. The van der Waals surface area contributed by atoms with Crippen molar-refractivity contribution in [3.8, 4) is 0 Å². The number of benzene rings is 1. The molecule has 1 saturated carbocycles. The Balaban J connectivity index is 2.17. The summed E-state index contributed by atoms with van der Waals surface area (Å²) >= 11 is 3.53. The smallest absolute Gasteiger partial charge is 0.336 e. The van der Waals surface area contributed by atoms with E-state index in [1.165, 1.54) is 0 Å². The van der Waals surface area contributed by atoms with Gasteiger partial charge in [-0.25, -0.2) is 9.79 Å². The predicted octanol–water partition coefficient (Wildman–Crippen LogP) is 2.57. The van der Waals surface area contributed by atoms with Gasteiger partial charge in [0.2, 0.25) is 11.9 Å². The minimum atomic E-state index is -0.977. The van der Waals surface area contributed by atoms with E-state index in [9.17, 15) is 9.90 Å². The van der Waals surface area contributed by atoms with E-state index in [4.69, 9.17) is 11.5 Å². The molecule has 0 bridgehead atoms. The van der Waals surface area contributed by atoms with Gasteiger partial charge in [-0.05, 0) is 66.2 Å². The lowest BCUT2D eigenvalue weighted by Gasteiger charge is -2.46. The molecule has 24 heavy (non-hydrogen) atoms. The summed E-state index contributed by atoms with van der Waals surface area (Å²) in [5.74, 6) is -0.563. The normalized spacial score (nSPS) is 19.8. The Morgan fingerprint density at radius 1 is 1.29 bits per heavy atom. The minimum absolute atomic E-state index is 0.173. The van der Waals surface area contributed by atoms with Gasteiger partial charge in [0.25, 0.3) is 0 Å². The maximum absolute atomic E-state index is 11.5. The molecule has 2 aliphatic rings. The Kier molecular flexibility index (Phi) is 4.25. The lowest BCUT2D eigenvalue weighted by atomic mass is 9.87. The van der Waals surface area contributed by atoms with Gasteiger partial charge in [-0.15, -0.1) is 0 Å². The number of carbonyl (C=O) groups is 1. The molecule has 3 rings (SSSR count). The number of anilines is 1. The summed E-state index contributed by atoms with van der Waals surface area (Å²) < 4.78 is 0.753. The van der Waals surface area contributed by atoms with E-state index in [0.717, 1.165) is 36.6 Å². The van der Waals surface area contributed by atoms with Crippen molar-refractivity contribution < 1.29 is 9.90 Å². The molecule has 1 aromatic rings. The summed E-state index contributed by atoms with van der Waals surface area (Å²) in [5, 5.41) is 9.45. The highest BCUT2D eigenvalue weighted by molar-refractivity contribution is 9.10. The molecule has 8 heteroatoms. The van der Waals surface area contributed by atoms with Crippen LogP contribution in [0.15, 0.2) is 26.6 Å². The third-order valence-electron chi connectivity index (χ3n) is 4.62. The third kappa shape index (κ3) is 2.75. The number of hydrogen-bond donors (Lipinski definition) is 3. The van der Waals surface area contributed by atoms with Crippen molar-refractivity contribution in [2.24, 2.45) is 21.5 Å². The molecule has 7 nitrogen and oxygen atoms in total. The van der Waals surface area contributed by atoms with E-state index in [-0.39, 0.29) is 17.5 Å². The maximum atomic E-state index is 11.5. The Morgan fingerprint density at radius 3 is 2.58 bits per heavy atom. The number of guanidine groups is 2. The van der Waals surface area contributed by atoms with Crippen LogP contribution >= 0.6 is 15.9 Å². The van der Waals surface area contributed by atoms with Gasteiger partial charge in [-0.1, -0.05) is 6.42 Å². The van der Waals surface area contributed by atoms with Gasteiger partial charge in [-0.2, -0.15) is 4.99 Å². The van der Waals surface area contributed by atoms with Crippen molar-refractivity contribution in [1.82, 2.24) is 0 Å². The summed E-state index contributed by atoms with van der Waals surface area (Å²) in [5.41, 5.74) is 13.0. The largest absolute Gasteiger partial charge is 0.478 e. The fourth-order valence-electron chi connectivity index (χ4n) is 3.53. The second-order valence-corrected chi connectivity index (χ2v) is 7.10. The number of halogens is 1. The highest BCUT2D eigenvalue weighted by atomic mass is 79.9. The standard InChI is InChI=1S/C16H20BrN5O2/c1-9-7-11(17)12(8-10(9)13(23)24)22-15(19)20-14(18)21-16(22)5-3-2-4-6-16/h7-8H,2-6H2,1H3,(H,23,24)(H4,18,19,20,21). The van der Waals surface area contributed by atoms with Gasteiger partial charge >= 0.3 is 5.97 Å². The monoisotopic (exact) mass is 393 g/mol. The number of carboxylic acids is 1. The summed E-state index contributed by atoms with van der Waals surface area (Å²) in [6, 6.07) is 3.40. The van der Waals surface area contributed by atoms with Crippen LogP contribution in [0.25, 0.3) is 0 Å². The van der Waals surface area contributed by atoms with Crippen molar-refractivity contribution in [2.75, 3.05) is 4.90 Å². The summed E-state index contributed by atoms with van der Waals surface area (Å²) in [6.07, 6.45) is 4.75. The quantitative estimate of drug-likeness (QED) is 0.713. The summed E-state index contributed by atoms with van der Waals surface area (Å²) in [6.45, 7) is 1.76. The van der Waals surface area contributed by atoms with Gasteiger partial charge in [0.15, 0.2) is 0 Å². The fourth-order valence-corrected chi connectivity index (χ4v) is 4.17. The van der Waals surface area contributed by atoms with Crippen molar-refractivity contribution in [3.05, 3.63) is 27.7 Å². The first kappa shape index (κ1) is 16.8. The molecular weight excluding hydrogens is 374 g/mol. The van der Waals surface area contributed by atoms with E-state index in [0.29, 0.717) is 11.3 Å². The van der Waals surface area contributed by atoms with Crippen LogP contribution < -0.4 is 16.4 Å². The molecule has 1 spiro atoms. The molecule has 1 heterocycles. The minimum Gasteiger partial charge on any atom is -0.478 e. The molecular formula is C16H20BrN5O2. The SMILES string of the molecule is Cc1cc(Br)c(N2C(N)=NC(N)=NC23CCCCC3)cc1C(=O)O. The molecule has 1 aliphatic heterocycles. The first-order chi connectivity index (χ1) is 11.3. The fraction of sp³-hybridized carbons (Fsp3) is 0.438. The van der Waals surface area contributed by atoms with Gasteiger partial charge in [-0.3, -0.25) is 4.90 Å². The average molecular weight is 394 g/mol. The molecule has 128 valence electrons. The molecule has 1 aromatic carbocycles. The first-order valence-electron chi connectivity index (χ1n) is 7.87. The van der Waals surface area contributed by atoms with E-state index in [1.807, 2.05) is 4.90 Å². The molecule has 0 amide bonds. The molecule has 0 aromatic heterocycles. The number of aliphatic imine (C=N–C) groups is 2. The second kappa shape index (κ2) is 6.08. The number of nitrogens with two attached hydrogens (primary N) is 2. The molecule has 1 fully saturated rings. The van der Waals surface area contributed by atoms with Gasteiger partial charge < -0.3 is 16.6 Å². The zero-order valence-corrected chi connectivity index (χ0v) is 15.0. The van der Waals surface area contributed by atoms with Crippen LogP contribution in [0.5, 0.6) is 0 Å². The number of hydrogen-bond acceptors (Lipinski definition) is 6. The Bertz CT molecular complexity index is 753. The summed E-state index contributed by atoms with van der Waals surface area (Å²) in [4.78, 5) is 22.1. The molecule has 5 N–H and O–H groups in total. The van der Waals surface area contributed by atoms with Gasteiger partial charge in [0, 0.05) is 4.47 Å². The van der Waals surface area contributed by atoms with Crippen LogP contribution in [0.2, 0.25) is 0 Å². The van der Waals surface area contributed by atoms with E-state index in [2.05, 4.69) is 25.9 Å². The lowest BCUT2D eigenvalue weighted by molar-refractivity contribution is 0.0696. The van der Waals surface area contributed by atoms with Gasteiger partial charge in [0.05, 0.1) is 11.3 Å². The Morgan fingerprint density at radius 2 is 1.96 bits per heavy atom. The average Bonchev–Trinajstić information content (AvgIpc) is 2.49. The Hall–Kier alpha value is -2.09. The summed E-state index contributed by atoms with van der Waals surface area (Å²) in [7, 11) is 0. The third-order valence-corrected chi connectivity index (χ3v) is 5.25. The van der Waals surface area contributed by atoms with Crippen LogP contribution in [0.3, 0.4) is 0 Å². The van der Waals surface area contributed by atoms with Gasteiger partial charge in [0.1, 0.15) is 5.66 Å². The van der Waals surface area contributed by atoms with E-state index in [1.54, 1.807) is 19.1 Å². The van der Waals surface area contributed by atoms with Crippen LogP contribution in [0.1, 0.15) is 48.0 Å². The number of aromatic carboxylic acids is 1. The van der Waals surface area contributed by atoms with E-state index >= 15 is 0 Å². The zero-order chi connectivity index (χ0) is 17.5. The molecule has 0 saturated heterocycles. The van der Waals surface area contributed by atoms with Crippen LogP contribution in [0, 0.1) is 6.92 Å². The van der Waals surface area contributed by atoms with E-state index < -0.39 is 11.6 Å². The van der Waals surface area contributed by atoms with Crippen molar-refractivity contribution >= 4 is 39.5 Å². The second-order valence-electron chi connectivity index (χ2n) is 6.24. The molecule has 0 unspecified atom stereocenters. The van der Waals surface area contributed by atoms with Crippen LogP contribution in [0.4, 0.5) is 5.69 Å². The number of nitrogens with zero attached hydrogens (tertiary/aromatic N) is 3. The van der Waals surface area contributed by atoms with Crippen molar-refractivity contribution in [2.45, 2.75) is 44.7 Å². The molecule has 0 atom stereocenters. The first-order valence-corrected chi connectivity index (χ1v) is 8.66. The highest BCUT2D eigenvalue weighted by Gasteiger charge is 2.43. The van der Waals surface area contributed by atoms with Crippen molar-refractivity contribution in [3.63, 3.8) is 0 Å². The Labute approximate surface area is 148 Å². The highest BCUT2D eigenvalue weighted by Crippen LogP contribution is 2.42. The maximum Gasteiger partial charge on any atom is 0.336 e. The zero-order valence-electron chi connectivity index (χ0n) is 13.4. The number of aryl methyl sites for hydroxylation is 1. The topological polar surface area (TPSA) is 117 Å². The van der Waals surface area contributed by atoms with Crippen LogP contribution in [-0.2, 0) is 0 Å². The predicted molar refractivity (Wildman–Crippen MR) is 97.4 cm³/mol. The number of carboxylic acid groups (broad SMARTS) is 1. The molecule has 1 aliphatic carbocycles. The van der Waals surface area contributed by atoms with Crippen LogP contribution in [-0.4, -0.2) is 28.7 Å².